The van der Waals surface area contributed by atoms with Crippen molar-refractivity contribution >= 4 is 11.9 Å². The van der Waals surface area contributed by atoms with Gasteiger partial charge >= 0.3 is 11.9 Å². The van der Waals surface area contributed by atoms with Crippen LogP contribution in [0.4, 0.5) is 0 Å². The van der Waals surface area contributed by atoms with Gasteiger partial charge in [0.05, 0.1) is 6.61 Å². The van der Waals surface area contributed by atoms with E-state index in [1.54, 1.807) is 0 Å². The van der Waals surface area contributed by atoms with E-state index in [1.807, 2.05) is 0 Å². The Labute approximate surface area is 373 Å². The van der Waals surface area contributed by atoms with Crippen molar-refractivity contribution < 1.29 is 24.2 Å². The zero-order valence-corrected chi connectivity index (χ0v) is 40.0. The Morgan fingerprint density at radius 2 is 0.667 bits per heavy atom. The van der Waals surface area contributed by atoms with Crippen LogP contribution in [0.3, 0.4) is 0 Å². The molecule has 1 unspecified atom stereocenters. The molecule has 0 fully saturated rings. The standard InChI is InChI=1S/C55H100O5/c1-3-5-7-9-11-13-15-17-19-21-22-23-24-25-26-27-28-29-30-31-32-34-36-38-40-42-44-46-48-50-55(58)60-53(51-56)52-59-54(57)49-47-45-43-41-39-37-35-33-20-18-16-14-12-10-8-6-4-2/h12,14-15,17-18,20-22,53,56H,3-11,13,16,19,23-52H2,1-2H3/b14-12-,17-15-,20-18-,22-21-. The molecule has 0 saturated heterocycles. The van der Waals surface area contributed by atoms with Gasteiger partial charge in [0.15, 0.2) is 6.10 Å². The van der Waals surface area contributed by atoms with Crippen molar-refractivity contribution in [2.75, 3.05) is 13.2 Å². The van der Waals surface area contributed by atoms with Crippen LogP contribution >= 0.6 is 0 Å². The minimum atomic E-state index is -0.775. The Kier molecular flexibility index (Phi) is 49.4. The molecule has 350 valence electrons. The number of carbonyl (C=O) groups is 2. The van der Waals surface area contributed by atoms with Crippen LogP contribution in [0.1, 0.15) is 271 Å². The molecule has 5 nitrogen and oxygen atoms in total. The highest BCUT2D eigenvalue weighted by Crippen LogP contribution is 2.16. The molecule has 60 heavy (non-hydrogen) atoms. The Hall–Kier alpha value is -2.14. The summed E-state index contributed by atoms with van der Waals surface area (Å²) >= 11 is 0. The zero-order chi connectivity index (χ0) is 43.5. The van der Waals surface area contributed by atoms with Crippen molar-refractivity contribution in [1.29, 1.82) is 0 Å². The Morgan fingerprint density at radius 3 is 1.02 bits per heavy atom. The number of hydrogen-bond donors (Lipinski definition) is 1. The largest absolute Gasteiger partial charge is 0.462 e. The number of carbonyl (C=O) groups excluding carboxylic acids is 2. The predicted octanol–water partition coefficient (Wildman–Crippen LogP) is 17.3. The first-order valence-electron chi connectivity index (χ1n) is 26.2. The van der Waals surface area contributed by atoms with Crippen molar-refractivity contribution in [2.45, 2.75) is 277 Å². The van der Waals surface area contributed by atoms with Gasteiger partial charge in [-0.2, -0.15) is 0 Å². The van der Waals surface area contributed by atoms with Crippen molar-refractivity contribution in [3.8, 4) is 0 Å². The summed E-state index contributed by atoms with van der Waals surface area (Å²) in [6.45, 7) is 4.12. The molecule has 0 aromatic carbocycles. The van der Waals surface area contributed by atoms with Crippen LogP contribution in [0.5, 0.6) is 0 Å². The third kappa shape index (κ3) is 48.5. The summed E-state index contributed by atoms with van der Waals surface area (Å²) in [7, 11) is 0. The van der Waals surface area contributed by atoms with Crippen LogP contribution in [0, 0.1) is 0 Å². The number of aliphatic hydroxyl groups excluding tert-OH is 1. The number of allylic oxidation sites excluding steroid dienone is 8. The number of unbranched alkanes of at least 4 members (excludes halogenated alkanes) is 32. The van der Waals surface area contributed by atoms with Gasteiger partial charge in [0, 0.05) is 12.8 Å². The van der Waals surface area contributed by atoms with E-state index >= 15 is 0 Å². The SMILES string of the molecule is CCCCC/C=C\C/C=C\CCCCCCCCCC(=O)OCC(CO)OC(=O)CCCCCCCCCCCCCCCCCCC/C=C\C/C=C\CCCCCCC. The smallest absolute Gasteiger partial charge is 0.306 e. The topological polar surface area (TPSA) is 72.8 Å². The summed E-state index contributed by atoms with van der Waals surface area (Å²) in [6, 6.07) is 0. The first-order valence-corrected chi connectivity index (χ1v) is 26.2. The minimum absolute atomic E-state index is 0.0681. The summed E-state index contributed by atoms with van der Waals surface area (Å²) in [6.07, 6.45) is 66.4. The number of aliphatic hydroxyl groups is 1. The third-order valence-corrected chi connectivity index (χ3v) is 11.6. The van der Waals surface area contributed by atoms with Crippen LogP contribution in [0.15, 0.2) is 48.6 Å². The van der Waals surface area contributed by atoms with Crippen molar-refractivity contribution in [3.63, 3.8) is 0 Å². The lowest BCUT2D eigenvalue weighted by Gasteiger charge is -2.15. The van der Waals surface area contributed by atoms with E-state index in [4.69, 9.17) is 9.47 Å². The second-order valence-corrected chi connectivity index (χ2v) is 17.6. The normalized spacial score (nSPS) is 12.5. The summed E-state index contributed by atoms with van der Waals surface area (Å²) < 4.78 is 10.7. The van der Waals surface area contributed by atoms with E-state index < -0.39 is 6.10 Å². The first kappa shape index (κ1) is 57.9. The molecular weight excluding hydrogens is 741 g/mol. The lowest BCUT2D eigenvalue weighted by atomic mass is 10.0. The summed E-state index contributed by atoms with van der Waals surface area (Å²) in [5.41, 5.74) is 0. The third-order valence-electron chi connectivity index (χ3n) is 11.6. The Balaban J connectivity index is 3.46. The lowest BCUT2D eigenvalue weighted by Crippen LogP contribution is -2.28. The molecule has 0 saturated carbocycles. The van der Waals surface area contributed by atoms with E-state index in [0.29, 0.717) is 12.8 Å². The fourth-order valence-electron chi connectivity index (χ4n) is 7.62. The molecule has 1 atom stereocenters. The average molecular weight is 841 g/mol. The number of hydrogen-bond acceptors (Lipinski definition) is 5. The molecule has 0 aliphatic heterocycles. The molecule has 0 aliphatic rings. The predicted molar refractivity (Wildman–Crippen MR) is 261 cm³/mol. The molecule has 0 bridgehead atoms. The molecule has 0 rings (SSSR count). The zero-order valence-electron chi connectivity index (χ0n) is 40.0. The molecule has 0 aliphatic carbocycles. The van der Waals surface area contributed by atoms with Gasteiger partial charge in [0.1, 0.15) is 6.61 Å². The van der Waals surface area contributed by atoms with E-state index in [1.165, 1.54) is 186 Å². The van der Waals surface area contributed by atoms with Gasteiger partial charge in [-0.3, -0.25) is 9.59 Å². The fourth-order valence-corrected chi connectivity index (χ4v) is 7.62. The van der Waals surface area contributed by atoms with Gasteiger partial charge in [-0.15, -0.1) is 0 Å². The Bertz CT molecular complexity index is 997. The minimum Gasteiger partial charge on any atom is -0.462 e. The average Bonchev–Trinajstić information content (AvgIpc) is 3.25. The van der Waals surface area contributed by atoms with E-state index in [9.17, 15) is 14.7 Å². The van der Waals surface area contributed by atoms with Gasteiger partial charge in [-0.1, -0.05) is 229 Å². The summed E-state index contributed by atoms with van der Waals surface area (Å²) in [5, 5.41) is 9.62. The number of esters is 2. The fraction of sp³-hybridized carbons (Fsp3) is 0.818. The number of ether oxygens (including phenoxy) is 2. The second-order valence-electron chi connectivity index (χ2n) is 17.6. The molecule has 0 radical (unpaired) electrons. The van der Waals surface area contributed by atoms with Crippen molar-refractivity contribution in [1.82, 2.24) is 0 Å². The molecule has 0 spiro atoms. The number of rotatable bonds is 48. The Morgan fingerprint density at radius 1 is 0.383 bits per heavy atom. The molecule has 0 aromatic rings. The van der Waals surface area contributed by atoms with Gasteiger partial charge in [0.2, 0.25) is 0 Å². The van der Waals surface area contributed by atoms with Gasteiger partial charge in [-0.05, 0) is 77.0 Å². The maximum absolute atomic E-state index is 12.3. The molecular formula is C55H100O5. The second kappa shape index (κ2) is 51.2. The highest BCUT2D eigenvalue weighted by molar-refractivity contribution is 5.70. The van der Waals surface area contributed by atoms with Crippen LogP contribution in [-0.2, 0) is 19.1 Å². The molecule has 5 heteroatoms. The lowest BCUT2D eigenvalue weighted by molar-refractivity contribution is -0.161. The highest BCUT2D eigenvalue weighted by atomic mass is 16.6. The van der Waals surface area contributed by atoms with Gasteiger partial charge < -0.3 is 14.6 Å². The van der Waals surface area contributed by atoms with E-state index in [2.05, 4.69) is 62.5 Å². The molecule has 0 aromatic heterocycles. The van der Waals surface area contributed by atoms with Gasteiger partial charge in [0.25, 0.3) is 0 Å². The monoisotopic (exact) mass is 841 g/mol. The maximum Gasteiger partial charge on any atom is 0.306 e. The highest BCUT2D eigenvalue weighted by Gasteiger charge is 2.16. The van der Waals surface area contributed by atoms with Crippen molar-refractivity contribution in [2.24, 2.45) is 0 Å². The van der Waals surface area contributed by atoms with Crippen molar-refractivity contribution in [3.05, 3.63) is 48.6 Å². The van der Waals surface area contributed by atoms with Crippen LogP contribution in [0.2, 0.25) is 0 Å². The van der Waals surface area contributed by atoms with Gasteiger partial charge in [-0.25, -0.2) is 0 Å². The molecule has 0 heterocycles. The summed E-state index contributed by atoms with van der Waals surface area (Å²) in [4.78, 5) is 24.4. The van der Waals surface area contributed by atoms with Crippen LogP contribution in [-0.4, -0.2) is 36.4 Å². The van der Waals surface area contributed by atoms with E-state index in [0.717, 1.165) is 57.8 Å². The maximum atomic E-state index is 12.3. The molecule has 0 amide bonds. The van der Waals surface area contributed by atoms with Crippen LogP contribution < -0.4 is 0 Å². The quantitative estimate of drug-likeness (QED) is 0.0375. The van der Waals surface area contributed by atoms with E-state index in [-0.39, 0.29) is 25.2 Å². The molecule has 1 N–H and O–H groups in total. The van der Waals surface area contributed by atoms with Crippen LogP contribution in [0.25, 0.3) is 0 Å². The summed E-state index contributed by atoms with van der Waals surface area (Å²) in [5.74, 6) is -0.590. The first-order chi connectivity index (χ1) is 29.6.